The van der Waals surface area contributed by atoms with Gasteiger partial charge in [0.1, 0.15) is 17.3 Å². The summed E-state index contributed by atoms with van der Waals surface area (Å²) in [5.74, 6) is 1.21. The zero-order valence-electron chi connectivity index (χ0n) is 15.1. The number of methoxy groups -OCH3 is 2. The number of carbonyl (C=O) groups is 1. The molecule has 0 aliphatic carbocycles. The van der Waals surface area contributed by atoms with Gasteiger partial charge in [0.05, 0.1) is 20.6 Å². The minimum absolute atomic E-state index is 0.0651. The molecule has 1 aliphatic heterocycles. The lowest BCUT2D eigenvalue weighted by Crippen LogP contribution is -2.49. The van der Waals surface area contributed by atoms with Crippen LogP contribution < -0.4 is 14.4 Å². The summed E-state index contributed by atoms with van der Waals surface area (Å²) in [6, 6.07) is 11.9. The fourth-order valence-corrected chi connectivity index (χ4v) is 3.16. The molecule has 138 valence electrons. The van der Waals surface area contributed by atoms with Crippen LogP contribution in [0.5, 0.6) is 11.5 Å². The standard InChI is InChI=1S/C20H23FN2O3/c1-25-18-7-8-19(26-2)15(13-18)14-20(24)23-11-9-22(10-12-23)17-5-3-16(21)4-6-17/h3-8,13H,9-12,14H2,1-2H3. The lowest BCUT2D eigenvalue weighted by Gasteiger charge is -2.36. The first-order valence-electron chi connectivity index (χ1n) is 8.60. The van der Waals surface area contributed by atoms with Crippen LogP contribution in [-0.4, -0.2) is 51.2 Å². The molecule has 26 heavy (non-hydrogen) atoms. The molecular formula is C20H23FN2O3. The lowest BCUT2D eigenvalue weighted by molar-refractivity contribution is -0.130. The molecule has 0 spiro atoms. The number of ether oxygens (including phenoxy) is 2. The van der Waals surface area contributed by atoms with Gasteiger partial charge >= 0.3 is 0 Å². The number of piperazine rings is 1. The van der Waals surface area contributed by atoms with Gasteiger partial charge in [0.2, 0.25) is 5.91 Å². The van der Waals surface area contributed by atoms with Crippen molar-refractivity contribution in [1.29, 1.82) is 0 Å². The predicted octanol–water partition coefficient (Wildman–Crippen LogP) is 2.73. The number of benzene rings is 2. The second-order valence-corrected chi connectivity index (χ2v) is 6.20. The predicted molar refractivity (Wildman–Crippen MR) is 98.4 cm³/mol. The zero-order valence-corrected chi connectivity index (χ0v) is 15.1. The highest BCUT2D eigenvalue weighted by atomic mass is 19.1. The minimum atomic E-state index is -0.241. The average molecular weight is 358 g/mol. The molecule has 1 fully saturated rings. The summed E-state index contributed by atoms with van der Waals surface area (Å²) in [5.41, 5.74) is 1.80. The third-order valence-electron chi connectivity index (χ3n) is 4.65. The highest BCUT2D eigenvalue weighted by molar-refractivity contribution is 5.80. The average Bonchev–Trinajstić information content (AvgIpc) is 2.68. The molecule has 2 aromatic rings. The third-order valence-corrected chi connectivity index (χ3v) is 4.65. The Labute approximate surface area is 152 Å². The fraction of sp³-hybridized carbons (Fsp3) is 0.350. The molecule has 1 amide bonds. The number of anilines is 1. The van der Waals surface area contributed by atoms with Crippen LogP contribution in [-0.2, 0) is 11.2 Å². The van der Waals surface area contributed by atoms with E-state index >= 15 is 0 Å². The van der Waals surface area contributed by atoms with E-state index in [0.717, 1.165) is 24.3 Å². The molecule has 0 atom stereocenters. The first-order chi connectivity index (χ1) is 12.6. The van der Waals surface area contributed by atoms with E-state index in [1.165, 1.54) is 12.1 Å². The van der Waals surface area contributed by atoms with Gasteiger partial charge in [0.15, 0.2) is 0 Å². The minimum Gasteiger partial charge on any atom is -0.497 e. The van der Waals surface area contributed by atoms with E-state index in [-0.39, 0.29) is 18.1 Å². The number of hydrogen-bond donors (Lipinski definition) is 0. The quantitative estimate of drug-likeness (QED) is 0.824. The maximum atomic E-state index is 13.1. The number of rotatable bonds is 5. The molecule has 0 saturated carbocycles. The fourth-order valence-electron chi connectivity index (χ4n) is 3.16. The number of carbonyl (C=O) groups excluding carboxylic acids is 1. The summed E-state index contributed by atoms with van der Waals surface area (Å²) in [7, 11) is 3.19. The molecular weight excluding hydrogens is 335 g/mol. The smallest absolute Gasteiger partial charge is 0.227 e. The van der Waals surface area contributed by atoms with Crippen molar-refractivity contribution in [1.82, 2.24) is 4.90 Å². The monoisotopic (exact) mass is 358 g/mol. The van der Waals surface area contributed by atoms with Gasteiger partial charge in [-0.2, -0.15) is 0 Å². The Hall–Kier alpha value is -2.76. The van der Waals surface area contributed by atoms with Crippen LogP contribution in [0.25, 0.3) is 0 Å². The summed E-state index contributed by atoms with van der Waals surface area (Å²) in [6.45, 7) is 2.74. The van der Waals surface area contributed by atoms with Gasteiger partial charge in [0, 0.05) is 37.4 Å². The number of amides is 1. The van der Waals surface area contributed by atoms with Crippen LogP contribution in [0.3, 0.4) is 0 Å². The van der Waals surface area contributed by atoms with E-state index in [1.54, 1.807) is 26.4 Å². The Kier molecular flexibility index (Phi) is 5.61. The largest absolute Gasteiger partial charge is 0.497 e. The van der Waals surface area contributed by atoms with Gasteiger partial charge in [0.25, 0.3) is 0 Å². The summed E-state index contributed by atoms with van der Waals surface area (Å²) < 4.78 is 23.6. The first-order valence-corrected chi connectivity index (χ1v) is 8.60. The summed E-state index contributed by atoms with van der Waals surface area (Å²) in [5, 5.41) is 0. The molecule has 1 heterocycles. The summed E-state index contributed by atoms with van der Waals surface area (Å²) in [4.78, 5) is 16.7. The van der Waals surface area contributed by atoms with E-state index in [2.05, 4.69) is 4.90 Å². The Balaban J connectivity index is 1.61. The second-order valence-electron chi connectivity index (χ2n) is 6.20. The highest BCUT2D eigenvalue weighted by Gasteiger charge is 2.22. The van der Waals surface area contributed by atoms with E-state index in [1.807, 2.05) is 23.1 Å². The van der Waals surface area contributed by atoms with Gasteiger partial charge in [-0.05, 0) is 42.5 Å². The Bertz CT molecular complexity index is 756. The molecule has 1 saturated heterocycles. The molecule has 0 bridgehead atoms. The maximum absolute atomic E-state index is 13.1. The van der Waals surface area contributed by atoms with Gasteiger partial charge in [-0.3, -0.25) is 4.79 Å². The van der Waals surface area contributed by atoms with Crippen LogP contribution in [0.2, 0.25) is 0 Å². The van der Waals surface area contributed by atoms with Crippen LogP contribution in [0.4, 0.5) is 10.1 Å². The molecule has 0 N–H and O–H groups in total. The van der Waals surface area contributed by atoms with Gasteiger partial charge in [-0.1, -0.05) is 0 Å². The van der Waals surface area contributed by atoms with Crippen LogP contribution >= 0.6 is 0 Å². The normalized spacial score (nSPS) is 14.3. The second kappa shape index (κ2) is 8.08. The Morgan fingerprint density at radius 2 is 1.69 bits per heavy atom. The van der Waals surface area contributed by atoms with Gasteiger partial charge < -0.3 is 19.3 Å². The van der Waals surface area contributed by atoms with E-state index in [0.29, 0.717) is 24.6 Å². The Morgan fingerprint density at radius 3 is 2.31 bits per heavy atom. The highest BCUT2D eigenvalue weighted by Crippen LogP contribution is 2.25. The van der Waals surface area contributed by atoms with E-state index in [4.69, 9.17) is 9.47 Å². The van der Waals surface area contributed by atoms with Crippen LogP contribution in [0, 0.1) is 5.82 Å². The number of nitrogens with zero attached hydrogens (tertiary/aromatic N) is 2. The van der Waals surface area contributed by atoms with E-state index < -0.39 is 0 Å². The lowest BCUT2D eigenvalue weighted by atomic mass is 10.1. The van der Waals surface area contributed by atoms with Gasteiger partial charge in [-0.15, -0.1) is 0 Å². The zero-order chi connectivity index (χ0) is 18.5. The van der Waals surface area contributed by atoms with Crippen LogP contribution in [0.1, 0.15) is 5.56 Å². The van der Waals surface area contributed by atoms with E-state index in [9.17, 15) is 9.18 Å². The van der Waals surface area contributed by atoms with Crippen molar-refractivity contribution < 1.29 is 18.7 Å². The third kappa shape index (κ3) is 4.07. The molecule has 0 unspecified atom stereocenters. The Morgan fingerprint density at radius 1 is 1.00 bits per heavy atom. The van der Waals surface area contributed by atoms with Crippen molar-refractivity contribution in [2.75, 3.05) is 45.3 Å². The van der Waals surface area contributed by atoms with Crippen molar-refractivity contribution in [3.8, 4) is 11.5 Å². The summed E-state index contributed by atoms with van der Waals surface area (Å²) >= 11 is 0. The molecule has 0 aromatic heterocycles. The topological polar surface area (TPSA) is 42.0 Å². The maximum Gasteiger partial charge on any atom is 0.227 e. The van der Waals surface area contributed by atoms with Crippen molar-refractivity contribution in [2.45, 2.75) is 6.42 Å². The molecule has 1 aliphatic rings. The molecule has 0 radical (unpaired) electrons. The van der Waals surface area contributed by atoms with Gasteiger partial charge in [-0.25, -0.2) is 4.39 Å². The van der Waals surface area contributed by atoms with Crippen molar-refractivity contribution in [3.63, 3.8) is 0 Å². The molecule has 3 rings (SSSR count). The number of halogens is 1. The van der Waals surface area contributed by atoms with Crippen molar-refractivity contribution >= 4 is 11.6 Å². The SMILES string of the molecule is COc1ccc(OC)c(CC(=O)N2CCN(c3ccc(F)cc3)CC2)c1. The van der Waals surface area contributed by atoms with Crippen molar-refractivity contribution in [2.24, 2.45) is 0 Å². The first kappa shape index (κ1) is 18.0. The van der Waals surface area contributed by atoms with Crippen LogP contribution in [0.15, 0.2) is 42.5 Å². The summed E-state index contributed by atoms with van der Waals surface area (Å²) in [6.07, 6.45) is 0.275. The molecule has 5 nitrogen and oxygen atoms in total. The van der Waals surface area contributed by atoms with Crippen molar-refractivity contribution in [3.05, 3.63) is 53.8 Å². The molecule has 2 aromatic carbocycles. The number of hydrogen-bond acceptors (Lipinski definition) is 4. The molecule has 6 heteroatoms.